The molecule has 2 aromatic rings. The third-order valence-electron chi connectivity index (χ3n) is 2.87. The van der Waals surface area contributed by atoms with Crippen LogP contribution < -0.4 is 5.73 Å². The molecule has 0 radical (unpaired) electrons. The molecule has 0 aliphatic rings. The minimum atomic E-state index is -0.194. The van der Waals surface area contributed by atoms with E-state index in [1.807, 2.05) is 13.8 Å². The molecule has 0 saturated carbocycles. The van der Waals surface area contributed by atoms with Crippen molar-refractivity contribution in [1.29, 1.82) is 0 Å². The number of benzene rings is 1. The van der Waals surface area contributed by atoms with Gasteiger partial charge in [0, 0.05) is 5.75 Å². The zero-order valence-electron chi connectivity index (χ0n) is 11.5. The summed E-state index contributed by atoms with van der Waals surface area (Å²) in [5.41, 5.74) is 8.48. The zero-order valence-corrected chi connectivity index (χ0v) is 12.3. The molecule has 0 amide bonds. The van der Waals surface area contributed by atoms with Crippen molar-refractivity contribution in [2.75, 3.05) is 0 Å². The van der Waals surface area contributed by atoms with Crippen molar-refractivity contribution in [3.8, 4) is 0 Å². The molecule has 5 heteroatoms. The first-order valence-electron chi connectivity index (χ1n) is 6.33. The minimum Gasteiger partial charge on any atom is -0.414 e. The molecule has 0 aliphatic carbocycles. The molecule has 1 aromatic heterocycles. The van der Waals surface area contributed by atoms with E-state index in [2.05, 4.69) is 41.4 Å². The van der Waals surface area contributed by atoms with Crippen molar-refractivity contribution < 1.29 is 4.42 Å². The summed E-state index contributed by atoms with van der Waals surface area (Å²) < 4.78 is 5.57. The zero-order chi connectivity index (χ0) is 13.8. The Kier molecular flexibility index (Phi) is 4.61. The topological polar surface area (TPSA) is 64.9 Å². The molecule has 19 heavy (non-hydrogen) atoms. The number of hydrogen-bond donors (Lipinski definition) is 1. The van der Waals surface area contributed by atoms with Crippen LogP contribution in [0.25, 0.3) is 0 Å². The quantitative estimate of drug-likeness (QED) is 0.849. The van der Waals surface area contributed by atoms with Gasteiger partial charge in [0.15, 0.2) is 0 Å². The highest BCUT2D eigenvalue weighted by Gasteiger charge is 2.17. The Labute approximate surface area is 117 Å². The van der Waals surface area contributed by atoms with Gasteiger partial charge in [0.2, 0.25) is 5.89 Å². The molecule has 2 rings (SSSR count). The van der Waals surface area contributed by atoms with E-state index in [1.165, 1.54) is 22.9 Å². The van der Waals surface area contributed by atoms with Gasteiger partial charge in [0.1, 0.15) is 0 Å². The monoisotopic (exact) mass is 277 g/mol. The predicted molar refractivity (Wildman–Crippen MR) is 76.8 cm³/mol. The van der Waals surface area contributed by atoms with E-state index in [9.17, 15) is 0 Å². The summed E-state index contributed by atoms with van der Waals surface area (Å²) in [5.74, 6) is 1.62. The van der Waals surface area contributed by atoms with Crippen molar-refractivity contribution in [2.24, 2.45) is 11.7 Å². The van der Waals surface area contributed by atoms with E-state index in [0.29, 0.717) is 11.1 Å². The standard InChI is InChI=1S/C14H19N3OS/c1-9(2)12(15)13-16-17-14(18-13)19-8-11-6-4-5-10(3)7-11/h4-7,9,12H,8,15H2,1-3H3. The van der Waals surface area contributed by atoms with Crippen LogP contribution in [-0.4, -0.2) is 10.2 Å². The van der Waals surface area contributed by atoms with Gasteiger partial charge in [0.05, 0.1) is 6.04 Å². The van der Waals surface area contributed by atoms with Gasteiger partial charge < -0.3 is 10.2 Å². The first-order valence-corrected chi connectivity index (χ1v) is 7.32. The first kappa shape index (κ1) is 14.1. The Morgan fingerprint density at radius 2 is 2.11 bits per heavy atom. The van der Waals surface area contributed by atoms with Crippen molar-refractivity contribution in [3.05, 3.63) is 41.3 Å². The molecule has 4 nitrogen and oxygen atoms in total. The smallest absolute Gasteiger partial charge is 0.276 e. The molecule has 0 aliphatic heterocycles. The molecule has 0 spiro atoms. The first-order chi connectivity index (χ1) is 9.06. The van der Waals surface area contributed by atoms with E-state index < -0.39 is 0 Å². The molecule has 1 aromatic carbocycles. The Bertz CT molecular complexity index is 539. The van der Waals surface area contributed by atoms with E-state index in [0.717, 1.165) is 5.75 Å². The largest absolute Gasteiger partial charge is 0.414 e. The Balaban J connectivity index is 1.97. The molecular weight excluding hydrogens is 258 g/mol. The summed E-state index contributed by atoms with van der Waals surface area (Å²) in [6, 6.07) is 8.20. The van der Waals surface area contributed by atoms with Gasteiger partial charge in [0.25, 0.3) is 5.22 Å². The molecule has 102 valence electrons. The molecule has 0 bridgehead atoms. The lowest BCUT2D eigenvalue weighted by atomic mass is 10.1. The molecule has 1 heterocycles. The number of nitrogens with two attached hydrogens (primary N) is 1. The minimum absolute atomic E-state index is 0.194. The Morgan fingerprint density at radius 1 is 1.32 bits per heavy atom. The number of rotatable bonds is 5. The van der Waals surface area contributed by atoms with Crippen molar-refractivity contribution in [2.45, 2.75) is 37.8 Å². The van der Waals surface area contributed by atoms with Crippen LogP contribution in [-0.2, 0) is 5.75 Å². The van der Waals surface area contributed by atoms with Crippen molar-refractivity contribution in [3.63, 3.8) is 0 Å². The molecule has 0 fully saturated rings. The van der Waals surface area contributed by atoms with Crippen LogP contribution in [0, 0.1) is 12.8 Å². The molecule has 2 N–H and O–H groups in total. The number of aryl methyl sites for hydroxylation is 1. The average Bonchev–Trinajstić information content (AvgIpc) is 2.84. The number of thioether (sulfide) groups is 1. The lowest BCUT2D eigenvalue weighted by Gasteiger charge is -2.09. The number of hydrogen-bond acceptors (Lipinski definition) is 5. The van der Waals surface area contributed by atoms with Crippen LogP contribution in [0.15, 0.2) is 33.9 Å². The van der Waals surface area contributed by atoms with Crippen LogP contribution in [0.5, 0.6) is 0 Å². The summed E-state index contributed by atoms with van der Waals surface area (Å²) in [5, 5.41) is 8.60. The van der Waals surface area contributed by atoms with Crippen LogP contribution >= 0.6 is 11.8 Å². The van der Waals surface area contributed by atoms with Gasteiger partial charge >= 0.3 is 0 Å². The van der Waals surface area contributed by atoms with Crippen LogP contribution in [0.4, 0.5) is 0 Å². The number of nitrogens with zero attached hydrogens (tertiary/aromatic N) is 2. The highest BCUT2D eigenvalue weighted by Crippen LogP contribution is 2.25. The maximum Gasteiger partial charge on any atom is 0.276 e. The summed E-state index contributed by atoms with van der Waals surface area (Å²) in [4.78, 5) is 0. The Hall–Kier alpha value is -1.33. The third-order valence-corrected chi connectivity index (χ3v) is 3.76. The fourth-order valence-corrected chi connectivity index (χ4v) is 2.36. The van der Waals surface area contributed by atoms with E-state index in [4.69, 9.17) is 10.2 Å². The van der Waals surface area contributed by atoms with Crippen molar-refractivity contribution >= 4 is 11.8 Å². The average molecular weight is 277 g/mol. The highest BCUT2D eigenvalue weighted by molar-refractivity contribution is 7.98. The summed E-state index contributed by atoms with van der Waals surface area (Å²) in [6.07, 6.45) is 0. The SMILES string of the molecule is Cc1cccc(CSc2nnc(C(N)C(C)C)o2)c1. The van der Waals surface area contributed by atoms with Crippen LogP contribution in [0.2, 0.25) is 0 Å². The molecule has 1 atom stereocenters. The summed E-state index contributed by atoms with van der Waals surface area (Å²) >= 11 is 1.54. The fourth-order valence-electron chi connectivity index (χ4n) is 1.65. The lowest BCUT2D eigenvalue weighted by Crippen LogP contribution is -2.16. The molecular formula is C14H19N3OS. The van der Waals surface area contributed by atoms with Gasteiger partial charge in [-0.15, -0.1) is 10.2 Å². The van der Waals surface area contributed by atoms with Crippen molar-refractivity contribution in [1.82, 2.24) is 10.2 Å². The van der Waals surface area contributed by atoms with Gasteiger partial charge in [-0.25, -0.2) is 0 Å². The lowest BCUT2D eigenvalue weighted by molar-refractivity contribution is 0.349. The second-order valence-corrected chi connectivity index (χ2v) is 5.88. The van der Waals surface area contributed by atoms with Crippen LogP contribution in [0.3, 0.4) is 0 Å². The summed E-state index contributed by atoms with van der Waals surface area (Å²) in [7, 11) is 0. The van der Waals surface area contributed by atoms with Gasteiger partial charge in [-0.1, -0.05) is 55.4 Å². The van der Waals surface area contributed by atoms with Gasteiger partial charge in [-0.05, 0) is 18.4 Å². The second kappa shape index (κ2) is 6.21. The summed E-state index contributed by atoms with van der Waals surface area (Å²) in [6.45, 7) is 6.16. The maximum absolute atomic E-state index is 5.97. The maximum atomic E-state index is 5.97. The van der Waals surface area contributed by atoms with Gasteiger partial charge in [-0.2, -0.15) is 0 Å². The van der Waals surface area contributed by atoms with Crippen LogP contribution in [0.1, 0.15) is 36.9 Å². The van der Waals surface area contributed by atoms with E-state index >= 15 is 0 Å². The normalized spacial score (nSPS) is 12.9. The van der Waals surface area contributed by atoms with E-state index in [-0.39, 0.29) is 12.0 Å². The number of aromatic nitrogens is 2. The Morgan fingerprint density at radius 3 is 2.79 bits per heavy atom. The van der Waals surface area contributed by atoms with Gasteiger partial charge in [-0.3, -0.25) is 0 Å². The molecule has 1 unspecified atom stereocenters. The second-order valence-electron chi connectivity index (χ2n) is 4.95. The predicted octanol–water partition coefficient (Wildman–Crippen LogP) is 3.33. The van der Waals surface area contributed by atoms with E-state index in [1.54, 1.807) is 0 Å². The highest BCUT2D eigenvalue weighted by atomic mass is 32.2. The third kappa shape index (κ3) is 3.81. The molecule has 0 saturated heterocycles. The fraction of sp³-hybridized carbons (Fsp3) is 0.429.